The summed E-state index contributed by atoms with van der Waals surface area (Å²) < 4.78 is 0. The van der Waals surface area contributed by atoms with Gasteiger partial charge in [-0.1, -0.05) is 12.1 Å². The van der Waals surface area contributed by atoms with E-state index < -0.39 is 4.92 Å². The molecule has 0 radical (unpaired) electrons. The average molecular weight is 344 g/mol. The molecule has 1 aromatic carbocycles. The molecule has 0 bridgehead atoms. The summed E-state index contributed by atoms with van der Waals surface area (Å²) in [6, 6.07) is 8.91. The zero-order valence-electron chi connectivity index (χ0n) is 13.6. The number of benzene rings is 1. The average Bonchev–Trinajstić information content (AvgIpc) is 3.22. The summed E-state index contributed by atoms with van der Waals surface area (Å²) in [7, 11) is 0. The van der Waals surface area contributed by atoms with Crippen LogP contribution < -0.4 is 0 Å². The molecule has 0 N–H and O–H groups in total. The van der Waals surface area contributed by atoms with E-state index in [1.807, 2.05) is 11.0 Å². The first kappa shape index (κ1) is 16.6. The highest BCUT2D eigenvalue weighted by Crippen LogP contribution is 2.33. The third-order valence-corrected chi connectivity index (χ3v) is 5.36. The van der Waals surface area contributed by atoms with Crippen molar-refractivity contribution in [3.63, 3.8) is 0 Å². The fourth-order valence-electron chi connectivity index (χ4n) is 3.35. The van der Waals surface area contributed by atoms with Crippen molar-refractivity contribution in [2.45, 2.75) is 38.1 Å². The quantitative estimate of drug-likeness (QED) is 0.608. The van der Waals surface area contributed by atoms with E-state index in [4.69, 9.17) is 0 Å². The fourth-order valence-corrected chi connectivity index (χ4v) is 4.09. The lowest BCUT2D eigenvalue weighted by atomic mass is 10.00. The maximum absolute atomic E-state index is 12.6. The number of carbonyl (C=O) groups excluding carboxylic acids is 1. The van der Waals surface area contributed by atoms with Crippen LogP contribution >= 0.6 is 11.3 Å². The number of hydrogen-bond donors (Lipinski definition) is 0. The topological polar surface area (TPSA) is 63.5 Å². The predicted molar refractivity (Wildman–Crippen MR) is 94.3 cm³/mol. The minimum absolute atomic E-state index is 0.0759. The van der Waals surface area contributed by atoms with Crippen molar-refractivity contribution in [2.24, 2.45) is 0 Å². The molecule has 5 nitrogen and oxygen atoms in total. The van der Waals surface area contributed by atoms with Crippen molar-refractivity contribution in [1.29, 1.82) is 0 Å². The smallest absolute Gasteiger partial charge is 0.269 e. The van der Waals surface area contributed by atoms with E-state index in [2.05, 4.69) is 23.8 Å². The van der Waals surface area contributed by atoms with Crippen LogP contribution in [0.1, 0.15) is 36.8 Å². The maximum Gasteiger partial charge on any atom is 0.269 e. The molecule has 0 spiro atoms. The van der Waals surface area contributed by atoms with Gasteiger partial charge in [0.05, 0.1) is 4.92 Å². The number of nitrogens with zero attached hydrogens (tertiary/aromatic N) is 2. The summed E-state index contributed by atoms with van der Waals surface area (Å²) >= 11 is 1.69. The van der Waals surface area contributed by atoms with E-state index in [9.17, 15) is 14.9 Å². The van der Waals surface area contributed by atoms with E-state index in [1.165, 1.54) is 11.6 Å². The number of likely N-dealkylation sites (tertiary alicyclic amines) is 1. The molecular formula is C18H20N2O3S. The highest BCUT2D eigenvalue weighted by atomic mass is 32.1. The number of thiophene rings is 1. The lowest BCUT2D eigenvalue weighted by Gasteiger charge is -2.21. The van der Waals surface area contributed by atoms with E-state index in [0.717, 1.165) is 18.5 Å². The molecule has 2 heterocycles. The Morgan fingerprint density at radius 3 is 2.96 bits per heavy atom. The predicted octanol–water partition coefficient (Wildman–Crippen LogP) is 3.99. The number of hydrogen-bond acceptors (Lipinski definition) is 4. The number of carbonyl (C=O) groups is 1. The van der Waals surface area contributed by atoms with Gasteiger partial charge in [-0.05, 0) is 47.7 Å². The van der Waals surface area contributed by atoms with Crippen molar-refractivity contribution in [1.82, 2.24) is 4.90 Å². The molecule has 1 aliphatic rings. The Kier molecular flexibility index (Phi) is 4.94. The zero-order valence-corrected chi connectivity index (χ0v) is 14.4. The van der Waals surface area contributed by atoms with Gasteiger partial charge in [0.25, 0.3) is 5.69 Å². The largest absolute Gasteiger partial charge is 0.339 e. The SMILES string of the molecule is C[C@@H]1C[C@@H](c2ccsc2)CN1C(=O)CCc1cccc([N+](=O)[O-])c1. The van der Waals surface area contributed by atoms with Gasteiger partial charge in [-0.15, -0.1) is 0 Å². The first-order valence-electron chi connectivity index (χ1n) is 8.09. The molecule has 2 aromatic rings. The lowest BCUT2D eigenvalue weighted by molar-refractivity contribution is -0.384. The van der Waals surface area contributed by atoms with Crippen LogP contribution in [-0.2, 0) is 11.2 Å². The number of aryl methyl sites for hydroxylation is 1. The molecule has 1 aliphatic heterocycles. The summed E-state index contributed by atoms with van der Waals surface area (Å²) in [5.74, 6) is 0.555. The van der Waals surface area contributed by atoms with Crippen molar-refractivity contribution in [3.8, 4) is 0 Å². The van der Waals surface area contributed by atoms with Crippen LogP contribution in [0, 0.1) is 10.1 Å². The molecule has 126 valence electrons. The Labute approximate surface area is 145 Å². The summed E-state index contributed by atoms with van der Waals surface area (Å²) in [4.78, 5) is 24.9. The van der Waals surface area contributed by atoms with Crippen LogP contribution in [0.2, 0.25) is 0 Å². The molecule has 1 amide bonds. The summed E-state index contributed by atoms with van der Waals surface area (Å²) in [5, 5.41) is 15.1. The molecule has 0 saturated carbocycles. The number of nitro benzene ring substituents is 1. The first-order valence-corrected chi connectivity index (χ1v) is 9.04. The molecule has 1 aromatic heterocycles. The summed E-state index contributed by atoms with van der Waals surface area (Å²) in [5.41, 5.74) is 2.23. The standard InChI is InChI=1S/C18H20N2O3S/c1-13-9-16(15-7-8-24-12-15)11-19(13)18(21)6-5-14-3-2-4-17(10-14)20(22)23/h2-4,7-8,10,12-13,16H,5-6,9,11H2,1H3/t13-,16-/m1/s1. The Morgan fingerprint density at radius 2 is 2.25 bits per heavy atom. The minimum Gasteiger partial charge on any atom is -0.339 e. The van der Waals surface area contributed by atoms with Crippen molar-refractivity contribution < 1.29 is 9.72 Å². The monoisotopic (exact) mass is 344 g/mol. The highest BCUT2D eigenvalue weighted by Gasteiger charge is 2.32. The molecular weight excluding hydrogens is 324 g/mol. The number of rotatable bonds is 5. The van der Waals surface area contributed by atoms with Gasteiger partial charge in [0.2, 0.25) is 5.91 Å². The highest BCUT2D eigenvalue weighted by molar-refractivity contribution is 7.07. The van der Waals surface area contributed by atoms with Crippen LogP contribution in [-0.4, -0.2) is 28.3 Å². The molecule has 1 fully saturated rings. The lowest BCUT2D eigenvalue weighted by Crippen LogP contribution is -2.34. The second kappa shape index (κ2) is 7.13. The molecule has 1 saturated heterocycles. The van der Waals surface area contributed by atoms with Crippen molar-refractivity contribution in [2.75, 3.05) is 6.54 Å². The van der Waals surface area contributed by atoms with Crippen molar-refractivity contribution >= 4 is 22.9 Å². The second-order valence-electron chi connectivity index (χ2n) is 6.31. The first-order chi connectivity index (χ1) is 11.5. The van der Waals surface area contributed by atoms with E-state index in [-0.39, 0.29) is 17.6 Å². The maximum atomic E-state index is 12.6. The molecule has 3 rings (SSSR count). The molecule has 24 heavy (non-hydrogen) atoms. The fraction of sp³-hybridized carbons (Fsp3) is 0.389. The number of amides is 1. The van der Waals surface area contributed by atoms with Gasteiger partial charge < -0.3 is 4.90 Å². The Hall–Kier alpha value is -2.21. The second-order valence-corrected chi connectivity index (χ2v) is 7.09. The van der Waals surface area contributed by atoms with Gasteiger partial charge in [-0.25, -0.2) is 0 Å². The van der Waals surface area contributed by atoms with Crippen LogP contribution in [0.25, 0.3) is 0 Å². The zero-order chi connectivity index (χ0) is 17.1. The third-order valence-electron chi connectivity index (χ3n) is 4.66. The van der Waals surface area contributed by atoms with Gasteiger partial charge in [0.1, 0.15) is 0 Å². The van der Waals surface area contributed by atoms with Gasteiger partial charge in [0, 0.05) is 37.1 Å². The van der Waals surface area contributed by atoms with E-state index in [0.29, 0.717) is 18.8 Å². The normalized spacial score (nSPS) is 20.3. The third kappa shape index (κ3) is 3.64. The van der Waals surface area contributed by atoms with Crippen LogP contribution in [0.15, 0.2) is 41.1 Å². The van der Waals surface area contributed by atoms with Gasteiger partial charge in [0.15, 0.2) is 0 Å². The van der Waals surface area contributed by atoms with E-state index >= 15 is 0 Å². The van der Waals surface area contributed by atoms with Gasteiger partial charge in [-0.3, -0.25) is 14.9 Å². The molecule has 2 atom stereocenters. The van der Waals surface area contributed by atoms with Gasteiger partial charge >= 0.3 is 0 Å². The minimum atomic E-state index is -0.403. The number of nitro groups is 1. The van der Waals surface area contributed by atoms with E-state index in [1.54, 1.807) is 23.5 Å². The summed E-state index contributed by atoms with van der Waals surface area (Å²) in [6.45, 7) is 2.86. The molecule has 6 heteroatoms. The molecule has 0 aliphatic carbocycles. The Bertz CT molecular complexity index is 730. The number of non-ortho nitro benzene ring substituents is 1. The van der Waals surface area contributed by atoms with Crippen LogP contribution in [0.5, 0.6) is 0 Å². The molecule has 0 unspecified atom stereocenters. The Balaban J connectivity index is 1.59. The van der Waals surface area contributed by atoms with Crippen molar-refractivity contribution in [3.05, 3.63) is 62.3 Å². The Morgan fingerprint density at radius 1 is 1.42 bits per heavy atom. The van der Waals surface area contributed by atoms with Crippen LogP contribution in [0.3, 0.4) is 0 Å². The van der Waals surface area contributed by atoms with Crippen LogP contribution in [0.4, 0.5) is 5.69 Å². The van der Waals surface area contributed by atoms with Gasteiger partial charge in [-0.2, -0.15) is 11.3 Å². The summed E-state index contributed by atoms with van der Waals surface area (Å²) in [6.07, 6.45) is 1.92.